The van der Waals surface area contributed by atoms with E-state index in [-0.39, 0.29) is 5.75 Å². The standard InChI is InChI=1S/C21H24N2O5S/c1-3-29(24,25)28-19-7-5-16(13-17(19)14-23-8-10-26-11-9-23)21-22-18-12-15(2)4-6-20(18)27-21/h4-7,12-13H,3,8-11,14H2,1-2H3. The number of oxazole rings is 1. The smallest absolute Gasteiger partial charge is 0.308 e. The molecule has 4 rings (SSSR count). The third-order valence-corrected chi connectivity index (χ3v) is 6.06. The van der Waals surface area contributed by atoms with E-state index in [9.17, 15) is 8.42 Å². The predicted octanol–water partition coefficient (Wildman–Crippen LogP) is 3.36. The van der Waals surface area contributed by atoms with Crippen LogP contribution in [0.1, 0.15) is 18.1 Å². The first-order valence-corrected chi connectivity index (χ1v) is 11.2. The summed E-state index contributed by atoms with van der Waals surface area (Å²) in [6.45, 7) is 7.02. The Balaban J connectivity index is 1.71. The maximum absolute atomic E-state index is 12.0. The van der Waals surface area contributed by atoms with Gasteiger partial charge in [-0.3, -0.25) is 4.90 Å². The number of hydrogen-bond acceptors (Lipinski definition) is 7. The summed E-state index contributed by atoms with van der Waals surface area (Å²) in [7, 11) is -3.62. The van der Waals surface area contributed by atoms with Gasteiger partial charge >= 0.3 is 10.1 Å². The second-order valence-electron chi connectivity index (χ2n) is 7.13. The number of benzene rings is 2. The Morgan fingerprint density at radius 3 is 2.69 bits per heavy atom. The van der Waals surface area contributed by atoms with Crippen LogP contribution in [-0.4, -0.2) is 50.4 Å². The summed E-state index contributed by atoms with van der Waals surface area (Å²) >= 11 is 0. The van der Waals surface area contributed by atoms with Crippen molar-refractivity contribution < 1.29 is 21.8 Å². The fourth-order valence-corrected chi connectivity index (χ4v) is 3.83. The van der Waals surface area contributed by atoms with Gasteiger partial charge in [0.2, 0.25) is 5.89 Å². The van der Waals surface area contributed by atoms with Crippen molar-refractivity contribution in [1.29, 1.82) is 0 Å². The first-order chi connectivity index (χ1) is 13.9. The number of aromatic nitrogens is 1. The third-order valence-electron chi connectivity index (χ3n) is 4.92. The minimum atomic E-state index is -3.62. The second kappa shape index (κ2) is 8.14. The quantitative estimate of drug-likeness (QED) is 0.570. The summed E-state index contributed by atoms with van der Waals surface area (Å²) in [4.78, 5) is 6.80. The van der Waals surface area contributed by atoms with Gasteiger partial charge in [0.25, 0.3) is 0 Å². The Hall–Kier alpha value is -2.42. The molecule has 29 heavy (non-hydrogen) atoms. The van der Waals surface area contributed by atoms with Gasteiger partial charge in [-0.25, -0.2) is 4.98 Å². The first kappa shape index (κ1) is 19.9. The van der Waals surface area contributed by atoms with Crippen LogP contribution < -0.4 is 4.18 Å². The highest BCUT2D eigenvalue weighted by Gasteiger charge is 2.19. The Morgan fingerprint density at radius 1 is 1.14 bits per heavy atom. The number of nitrogens with zero attached hydrogens (tertiary/aromatic N) is 2. The number of morpholine rings is 1. The van der Waals surface area contributed by atoms with Crippen LogP contribution >= 0.6 is 0 Å². The van der Waals surface area contributed by atoms with Crippen LogP contribution in [0.4, 0.5) is 0 Å². The van der Waals surface area contributed by atoms with Crippen LogP contribution in [0.25, 0.3) is 22.6 Å². The molecule has 154 valence electrons. The van der Waals surface area contributed by atoms with Gasteiger partial charge in [-0.2, -0.15) is 8.42 Å². The van der Waals surface area contributed by atoms with Gasteiger partial charge in [0.05, 0.1) is 19.0 Å². The third kappa shape index (κ3) is 4.60. The van der Waals surface area contributed by atoms with Gasteiger partial charge in [0.1, 0.15) is 11.3 Å². The molecule has 0 aliphatic carbocycles. The van der Waals surface area contributed by atoms with Crippen molar-refractivity contribution >= 4 is 21.2 Å². The average Bonchev–Trinajstić information content (AvgIpc) is 3.13. The lowest BCUT2D eigenvalue weighted by molar-refractivity contribution is 0.0340. The maximum Gasteiger partial charge on any atom is 0.308 e. The predicted molar refractivity (Wildman–Crippen MR) is 110 cm³/mol. The molecule has 2 aromatic carbocycles. The highest BCUT2D eigenvalue weighted by Crippen LogP contribution is 2.31. The molecule has 1 aliphatic heterocycles. The van der Waals surface area contributed by atoms with Crippen LogP contribution in [0.5, 0.6) is 5.75 Å². The number of fused-ring (bicyclic) bond motifs is 1. The SMILES string of the molecule is CCS(=O)(=O)Oc1ccc(-c2nc3cc(C)ccc3o2)cc1CN1CCOCC1. The van der Waals surface area contributed by atoms with E-state index in [0.717, 1.165) is 35.3 Å². The Kier molecular flexibility index (Phi) is 5.58. The molecule has 8 heteroatoms. The molecule has 1 aliphatic rings. The molecule has 1 aromatic heterocycles. The van der Waals surface area contributed by atoms with Crippen molar-refractivity contribution in [1.82, 2.24) is 9.88 Å². The van der Waals surface area contributed by atoms with E-state index < -0.39 is 10.1 Å². The lowest BCUT2D eigenvalue weighted by atomic mass is 10.1. The Labute approximate surface area is 170 Å². The molecule has 0 saturated carbocycles. The molecular weight excluding hydrogens is 392 g/mol. The van der Waals surface area contributed by atoms with Crippen LogP contribution in [0, 0.1) is 6.92 Å². The molecule has 0 radical (unpaired) electrons. The Morgan fingerprint density at radius 2 is 1.93 bits per heavy atom. The summed E-state index contributed by atoms with van der Waals surface area (Å²) in [6.07, 6.45) is 0. The van der Waals surface area contributed by atoms with Crippen LogP contribution in [0.3, 0.4) is 0 Å². The number of aryl methyl sites for hydroxylation is 1. The zero-order valence-corrected chi connectivity index (χ0v) is 17.4. The van der Waals surface area contributed by atoms with E-state index in [1.165, 1.54) is 0 Å². The summed E-state index contributed by atoms with van der Waals surface area (Å²) < 4.78 is 40.7. The first-order valence-electron chi connectivity index (χ1n) is 9.66. The summed E-state index contributed by atoms with van der Waals surface area (Å²) in [5.41, 5.74) is 4.18. The molecule has 1 fully saturated rings. The van der Waals surface area contributed by atoms with Crippen LogP contribution in [0.2, 0.25) is 0 Å². The molecule has 0 amide bonds. The van der Waals surface area contributed by atoms with Gasteiger partial charge in [-0.05, 0) is 49.7 Å². The van der Waals surface area contributed by atoms with Gasteiger partial charge < -0.3 is 13.3 Å². The minimum absolute atomic E-state index is 0.0871. The zero-order chi connectivity index (χ0) is 20.4. The summed E-state index contributed by atoms with van der Waals surface area (Å²) in [6, 6.07) is 11.2. The van der Waals surface area contributed by atoms with Crippen molar-refractivity contribution in [3.05, 3.63) is 47.5 Å². The molecule has 0 atom stereocenters. The molecule has 7 nitrogen and oxygen atoms in total. The van der Waals surface area contributed by atoms with Gasteiger partial charge in [-0.15, -0.1) is 0 Å². The summed E-state index contributed by atoms with van der Waals surface area (Å²) in [5.74, 6) is 0.753. The van der Waals surface area contributed by atoms with Gasteiger partial charge in [0.15, 0.2) is 5.58 Å². The van der Waals surface area contributed by atoms with Crippen molar-refractivity contribution in [2.24, 2.45) is 0 Å². The topological polar surface area (TPSA) is 81.9 Å². The Bertz CT molecular complexity index is 1120. The normalized spacial score (nSPS) is 15.7. The van der Waals surface area contributed by atoms with E-state index in [2.05, 4.69) is 9.88 Å². The van der Waals surface area contributed by atoms with E-state index in [0.29, 0.717) is 37.0 Å². The molecule has 1 saturated heterocycles. The lowest BCUT2D eigenvalue weighted by Gasteiger charge is -2.27. The molecule has 0 bridgehead atoms. The molecular formula is C21H24N2O5S. The van der Waals surface area contributed by atoms with Gasteiger partial charge in [0, 0.05) is 30.8 Å². The number of hydrogen-bond donors (Lipinski definition) is 0. The minimum Gasteiger partial charge on any atom is -0.436 e. The lowest BCUT2D eigenvalue weighted by Crippen LogP contribution is -2.35. The average molecular weight is 416 g/mol. The molecule has 0 unspecified atom stereocenters. The van der Waals surface area contributed by atoms with Crippen LogP contribution in [-0.2, 0) is 21.4 Å². The number of rotatable bonds is 6. The maximum atomic E-state index is 12.0. The zero-order valence-electron chi connectivity index (χ0n) is 16.6. The highest BCUT2D eigenvalue weighted by molar-refractivity contribution is 7.87. The molecule has 0 N–H and O–H groups in total. The van der Waals surface area contributed by atoms with E-state index in [1.54, 1.807) is 19.1 Å². The molecule has 2 heterocycles. The molecule has 0 spiro atoms. The summed E-state index contributed by atoms with van der Waals surface area (Å²) in [5, 5.41) is 0. The van der Waals surface area contributed by atoms with Crippen molar-refractivity contribution in [3.63, 3.8) is 0 Å². The second-order valence-corrected chi connectivity index (χ2v) is 8.99. The van der Waals surface area contributed by atoms with Crippen molar-refractivity contribution in [3.8, 4) is 17.2 Å². The number of ether oxygens (including phenoxy) is 1. The van der Waals surface area contributed by atoms with Crippen molar-refractivity contribution in [2.45, 2.75) is 20.4 Å². The van der Waals surface area contributed by atoms with Crippen LogP contribution in [0.15, 0.2) is 40.8 Å². The largest absolute Gasteiger partial charge is 0.436 e. The van der Waals surface area contributed by atoms with E-state index >= 15 is 0 Å². The van der Waals surface area contributed by atoms with Crippen molar-refractivity contribution in [2.75, 3.05) is 32.1 Å². The fraction of sp³-hybridized carbons (Fsp3) is 0.381. The van der Waals surface area contributed by atoms with E-state index in [1.807, 2.05) is 31.2 Å². The van der Waals surface area contributed by atoms with Gasteiger partial charge in [-0.1, -0.05) is 6.07 Å². The monoisotopic (exact) mass is 416 g/mol. The molecule has 3 aromatic rings. The van der Waals surface area contributed by atoms with E-state index in [4.69, 9.17) is 13.3 Å². The highest BCUT2D eigenvalue weighted by atomic mass is 32.2. The fourth-order valence-electron chi connectivity index (χ4n) is 3.27.